The molecule has 24 heavy (non-hydrogen) atoms. The fourth-order valence-corrected chi connectivity index (χ4v) is 4.62. The van der Waals surface area contributed by atoms with Gasteiger partial charge in [0, 0.05) is 17.3 Å². The Labute approximate surface area is 141 Å². The van der Waals surface area contributed by atoms with E-state index in [2.05, 4.69) is 10.4 Å². The van der Waals surface area contributed by atoms with E-state index in [9.17, 15) is 13.2 Å². The van der Waals surface area contributed by atoms with Crippen molar-refractivity contribution < 1.29 is 13.2 Å². The lowest BCUT2D eigenvalue weighted by Crippen LogP contribution is -2.35. The number of amides is 1. The lowest BCUT2D eigenvalue weighted by Gasteiger charge is -2.11. The standard InChI is InChI=1S/C17H21N3O3S/c1-12-9-13(2)20(19-12)10-14-3-5-15(6-4-14)17(21)18-16-7-8-24(22,23)11-16/h3-6,9,16H,7-8,10-11H2,1-2H3,(H,18,21). The molecule has 1 aliphatic heterocycles. The van der Waals surface area contributed by atoms with Gasteiger partial charge < -0.3 is 5.32 Å². The average molecular weight is 347 g/mol. The fourth-order valence-electron chi connectivity index (χ4n) is 2.95. The van der Waals surface area contributed by atoms with Crippen molar-refractivity contribution in [3.8, 4) is 0 Å². The maximum absolute atomic E-state index is 12.2. The summed E-state index contributed by atoms with van der Waals surface area (Å²) in [5.74, 6) is -0.0383. The molecule has 1 fully saturated rings. The van der Waals surface area contributed by atoms with Crippen LogP contribution in [-0.4, -0.2) is 41.7 Å². The highest BCUT2D eigenvalue weighted by Gasteiger charge is 2.29. The highest BCUT2D eigenvalue weighted by atomic mass is 32.2. The molecule has 1 aromatic carbocycles. The summed E-state index contributed by atoms with van der Waals surface area (Å²) in [5.41, 5.74) is 3.67. The molecule has 128 valence electrons. The number of aryl methyl sites for hydroxylation is 2. The quantitative estimate of drug-likeness (QED) is 0.908. The zero-order valence-electron chi connectivity index (χ0n) is 13.8. The van der Waals surface area contributed by atoms with Crippen LogP contribution in [0, 0.1) is 13.8 Å². The third-order valence-corrected chi connectivity index (χ3v) is 5.99. The lowest BCUT2D eigenvalue weighted by atomic mass is 10.1. The minimum atomic E-state index is -2.99. The van der Waals surface area contributed by atoms with E-state index in [0.717, 1.165) is 17.0 Å². The van der Waals surface area contributed by atoms with Gasteiger partial charge in [-0.1, -0.05) is 12.1 Å². The summed E-state index contributed by atoms with van der Waals surface area (Å²) in [6.07, 6.45) is 0.490. The molecule has 7 heteroatoms. The van der Waals surface area contributed by atoms with Gasteiger partial charge in [-0.3, -0.25) is 9.48 Å². The third-order valence-electron chi connectivity index (χ3n) is 4.22. The molecular weight excluding hydrogens is 326 g/mol. The van der Waals surface area contributed by atoms with Crippen molar-refractivity contribution in [2.75, 3.05) is 11.5 Å². The molecule has 1 N–H and O–H groups in total. The van der Waals surface area contributed by atoms with Crippen LogP contribution in [0.4, 0.5) is 0 Å². The van der Waals surface area contributed by atoms with E-state index in [0.29, 0.717) is 18.5 Å². The van der Waals surface area contributed by atoms with E-state index in [1.54, 1.807) is 12.1 Å². The first-order valence-electron chi connectivity index (χ1n) is 7.94. The van der Waals surface area contributed by atoms with Gasteiger partial charge in [0.25, 0.3) is 5.91 Å². The maximum atomic E-state index is 12.2. The van der Waals surface area contributed by atoms with Gasteiger partial charge in [-0.2, -0.15) is 5.10 Å². The van der Waals surface area contributed by atoms with Gasteiger partial charge in [0.05, 0.1) is 23.7 Å². The molecule has 0 spiro atoms. The first-order valence-corrected chi connectivity index (χ1v) is 9.76. The molecule has 1 saturated heterocycles. The van der Waals surface area contributed by atoms with Crippen LogP contribution in [-0.2, 0) is 16.4 Å². The van der Waals surface area contributed by atoms with E-state index in [1.807, 2.05) is 36.7 Å². The van der Waals surface area contributed by atoms with E-state index < -0.39 is 9.84 Å². The summed E-state index contributed by atoms with van der Waals surface area (Å²) < 4.78 is 24.8. The largest absolute Gasteiger partial charge is 0.348 e. The van der Waals surface area contributed by atoms with Crippen LogP contribution in [0.3, 0.4) is 0 Å². The number of rotatable bonds is 4. The highest BCUT2D eigenvalue weighted by Crippen LogP contribution is 2.13. The second kappa shape index (κ2) is 6.39. The minimum absolute atomic E-state index is 0.0365. The smallest absolute Gasteiger partial charge is 0.251 e. The van der Waals surface area contributed by atoms with Gasteiger partial charge in [0.1, 0.15) is 0 Å². The minimum Gasteiger partial charge on any atom is -0.348 e. The molecule has 1 aliphatic rings. The Morgan fingerprint density at radius 2 is 2.00 bits per heavy atom. The van der Waals surface area contributed by atoms with E-state index in [1.165, 1.54) is 0 Å². The molecular formula is C17H21N3O3S. The number of hydrogen-bond donors (Lipinski definition) is 1. The Kier molecular flexibility index (Phi) is 4.45. The Balaban J connectivity index is 1.64. The van der Waals surface area contributed by atoms with Gasteiger partial charge in [-0.05, 0) is 44.0 Å². The van der Waals surface area contributed by atoms with Gasteiger partial charge >= 0.3 is 0 Å². The van der Waals surface area contributed by atoms with Crippen molar-refractivity contribution in [3.05, 3.63) is 52.8 Å². The van der Waals surface area contributed by atoms with Crippen LogP contribution < -0.4 is 5.32 Å². The molecule has 0 aliphatic carbocycles. The Hall–Kier alpha value is -2.15. The van der Waals surface area contributed by atoms with Crippen molar-refractivity contribution in [1.29, 1.82) is 0 Å². The third kappa shape index (κ3) is 3.84. The van der Waals surface area contributed by atoms with Crippen molar-refractivity contribution in [2.45, 2.75) is 32.9 Å². The highest BCUT2D eigenvalue weighted by molar-refractivity contribution is 7.91. The second-order valence-corrected chi connectivity index (χ2v) is 8.58. The molecule has 1 unspecified atom stereocenters. The second-order valence-electron chi connectivity index (χ2n) is 6.36. The molecule has 0 bridgehead atoms. The topological polar surface area (TPSA) is 81.1 Å². The SMILES string of the molecule is Cc1cc(C)n(Cc2ccc(C(=O)NC3CCS(=O)(=O)C3)cc2)n1. The molecule has 1 amide bonds. The van der Waals surface area contributed by atoms with Gasteiger partial charge in [-0.15, -0.1) is 0 Å². The van der Waals surface area contributed by atoms with E-state index in [-0.39, 0.29) is 23.5 Å². The van der Waals surface area contributed by atoms with Crippen LogP contribution in [0.1, 0.15) is 33.7 Å². The number of hydrogen-bond acceptors (Lipinski definition) is 4. The van der Waals surface area contributed by atoms with Crippen molar-refractivity contribution >= 4 is 15.7 Å². The van der Waals surface area contributed by atoms with E-state index in [4.69, 9.17) is 0 Å². The Morgan fingerprint density at radius 1 is 1.29 bits per heavy atom. The predicted molar refractivity (Wildman–Crippen MR) is 91.8 cm³/mol. The van der Waals surface area contributed by atoms with Crippen LogP contribution in [0.25, 0.3) is 0 Å². The van der Waals surface area contributed by atoms with Crippen LogP contribution in [0.2, 0.25) is 0 Å². The molecule has 6 nitrogen and oxygen atoms in total. The summed E-state index contributed by atoms with van der Waals surface area (Å²) in [7, 11) is -2.99. The predicted octanol–water partition coefficient (Wildman–Crippen LogP) is 1.47. The summed E-state index contributed by atoms with van der Waals surface area (Å²) in [6.45, 7) is 4.63. The van der Waals surface area contributed by atoms with Gasteiger partial charge in [0.2, 0.25) is 0 Å². The number of carbonyl (C=O) groups excluding carboxylic acids is 1. The summed E-state index contributed by atoms with van der Waals surface area (Å²) in [6, 6.07) is 9.07. The van der Waals surface area contributed by atoms with Crippen LogP contribution in [0.5, 0.6) is 0 Å². The molecule has 0 radical (unpaired) electrons. The number of nitrogens with zero attached hydrogens (tertiary/aromatic N) is 2. The summed E-state index contributed by atoms with van der Waals surface area (Å²) in [4.78, 5) is 12.2. The van der Waals surface area contributed by atoms with Gasteiger partial charge in [0.15, 0.2) is 9.84 Å². The number of carbonyl (C=O) groups is 1. The first kappa shape index (κ1) is 16.7. The Bertz CT molecular complexity index is 854. The summed E-state index contributed by atoms with van der Waals surface area (Å²) in [5, 5.41) is 7.22. The fraction of sp³-hybridized carbons (Fsp3) is 0.412. The molecule has 2 heterocycles. The molecule has 0 saturated carbocycles. The first-order chi connectivity index (χ1) is 11.3. The van der Waals surface area contributed by atoms with Crippen molar-refractivity contribution in [3.63, 3.8) is 0 Å². The molecule has 1 atom stereocenters. The van der Waals surface area contributed by atoms with Crippen molar-refractivity contribution in [1.82, 2.24) is 15.1 Å². The molecule has 1 aromatic heterocycles. The number of benzene rings is 1. The van der Waals surface area contributed by atoms with Crippen molar-refractivity contribution in [2.24, 2.45) is 0 Å². The summed E-state index contributed by atoms with van der Waals surface area (Å²) >= 11 is 0. The average Bonchev–Trinajstić information content (AvgIpc) is 3.01. The number of sulfone groups is 1. The lowest BCUT2D eigenvalue weighted by molar-refractivity contribution is 0.0941. The molecule has 3 rings (SSSR count). The van der Waals surface area contributed by atoms with Crippen LogP contribution in [0.15, 0.2) is 30.3 Å². The molecule has 2 aromatic rings. The maximum Gasteiger partial charge on any atom is 0.251 e. The van der Waals surface area contributed by atoms with E-state index >= 15 is 0 Å². The monoisotopic (exact) mass is 347 g/mol. The van der Waals surface area contributed by atoms with Gasteiger partial charge in [-0.25, -0.2) is 8.42 Å². The number of nitrogens with one attached hydrogen (secondary N) is 1. The normalized spacial score (nSPS) is 19.3. The Morgan fingerprint density at radius 3 is 2.54 bits per heavy atom. The zero-order valence-corrected chi connectivity index (χ0v) is 14.6. The van der Waals surface area contributed by atoms with Crippen LogP contribution >= 0.6 is 0 Å². The zero-order chi connectivity index (χ0) is 17.3. The number of aromatic nitrogens is 2.